The summed E-state index contributed by atoms with van der Waals surface area (Å²) in [5.41, 5.74) is 4.58. The molecule has 4 atom stereocenters. The van der Waals surface area contributed by atoms with Gasteiger partial charge in [-0.05, 0) is 0 Å². The number of nitrogens with zero attached hydrogens (tertiary/aromatic N) is 2. The molecule has 2 saturated heterocycles. The predicted octanol–water partition coefficient (Wildman–Crippen LogP) is 10.6. The van der Waals surface area contributed by atoms with Crippen molar-refractivity contribution in [1.82, 2.24) is 9.34 Å². The first kappa shape index (κ1) is 43.6. The van der Waals surface area contributed by atoms with Gasteiger partial charge in [-0.2, -0.15) is 0 Å². The van der Waals surface area contributed by atoms with Crippen molar-refractivity contribution in [3.63, 3.8) is 0 Å². The van der Waals surface area contributed by atoms with Crippen molar-refractivity contribution in [3.8, 4) is 0 Å². The van der Waals surface area contributed by atoms with E-state index in [2.05, 4.69) is 226 Å². The number of likely N-dealkylation sites (N-methyl/N-ethyl adjacent to an activating group) is 1. The van der Waals surface area contributed by atoms with Crippen LogP contribution < -0.4 is 31.8 Å². The average Bonchev–Trinajstić information content (AvgIpc) is 3.50. The summed E-state index contributed by atoms with van der Waals surface area (Å²) in [6.45, 7) is 21.7. The Labute approximate surface area is 362 Å². The summed E-state index contributed by atoms with van der Waals surface area (Å²) in [5.74, 6) is 0. The van der Waals surface area contributed by atoms with Crippen LogP contribution in [0.1, 0.15) is 65.4 Å². The summed E-state index contributed by atoms with van der Waals surface area (Å²) >= 11 is 3.00. The summed E-state index contributed by atoms with van der Waals surface area (Å²) < 4.78 is 3.20. The maximum absolute atomic E-state index is 3.20. The monoisotopic (exact) mass is 950 g/mol. The average molecular weight is 951 g/mol. The Bertz CT molecular complexity index is 1970. The van der Waals surface area contributed by atoms with Crippen molar-refractivity contribution in [2.45, 2.75) is 89.0 Å². The molecule has 308 valence electrons. The fourth-order valence-electron chi connectivity index (χ4n) is 11.2. The van der Waals surface area contributed by atoms with Crippen LogP contribution in [-0.2, 0) is 6.54 Å². The Morgan fingerprint density at radius 2 is 1.02 bits per heavy atom. The van der Waals surface area contributed by atoms with E-state index >= 15 is 0 Å². The first-order valence-corrected chi connectivity index (χ1v) is 34.7. The van der Waals surface area contributed by atoms with Crippen LogP contribution in [0.5, 0.6) is 0 Å². The van der Waals surface area contributed by atoms with Crippen LogP contribution in [0, 0.1) is 0 Å². The Balaban J connectivity index is 1.29. The van der Waals surface area contributed by atoms with Gasteiger partial charge in [0.25, 0.3) is 0 Å². The topological polar surface area (TPSA) is 6.48 Å². The van der Waals surface area contributed by atoms with E-state index in [1.165, 1.54) is 58.9 Å². The van der Waals surface area contributed by atoms with Crippen LogP contribution in [0.3, 0.4) is 0 Å². The molecule has 0 saturated carbocycles. The zero-order chi connectivity index (χ0) is 40.4. The molecule has 0 unspecified atom stereocenters. The first-order chi connectivity index (χ1) is 27.3. The third kappa shape index (κ3) is 8.17. The second-order valence-corrected chi connectivity index (χ2v) is 40.7. The van der Waals surface area contributed by atoms with Crippen LogP contribution in [0.15, 0.2) is 140 Å². The van der Waals surface area contributed by atoms with Gasteiger partial charge in [-0.15, -0.1) is 0 Å². The van der Waals surface area contributed by atoms with Gasteiger partial charge in [-0.25, -0.2) is 0 Å². The molecule has 5 aromatic carbocycles. The SMILES string of the molecule is C[C@@H]1CCC[C@@H](C)[PH]1(C)c1ccc(CN(C)CCN([PH](I)(c2ccccc2)c2ccccc2)[PH]2(C)[C@H](C)CC[C@H]2C)cc1[PH](C)(c1ccccc1)c1ccccc1. The van der Waals surface area contributed by atoms with Crippen LogP contribution in [0.25, 0.3) is 0 Å². The second kappa shape index (κ2) is 18.2. The zero-order valence-electron chi connectivity index (χ0n) is 36.0. The molecule has 0 radical (unpaired) electrons. The van der Waals surface area contributed by atoms with Gasteiger partial charge >= 0.3 is 364 Å². The molecule has 0 amide bonds. The molecule has 0 spiro atoms. The molecule has 57 heavy (non-hydrogen) atoms. The van der Waals surface area contributed by atoms with Gasteiger partial charge < -0.3 is 0 Å². The summed E-state index contributed by atoms with van der Waals surface area (Å²) in [6, 6.07) is 54.4. The van der Waals surface area contributed by atoms with Gasteiger partial charge in [0.15, 0.2) is 0 Å². The quantitative estimate of drug-likeness (QED) is 0.0857. The molecule has 2 aliphatic rings. The predicted molar refractivity (Wildman–Crippen MR) is 279 cm³/mol. The third-order valence-electron chi connectivity index (χ3n) is 15.7. The molecule has 2 heterocycles. The molecule has 2 nitrogen and oxygen atoms in total. The van der Waals surface area contributed by atoms with E-state index in [0.717, 1.165) is 42.3 Å². The Kier molecular flexibility index (Phi) is 13.9. The van der Waals surface area contributed by atoms with E-state index in [9.17, 15) is 0 Å². The van der Waals surface area contributed by atoms with Crippen molar-refractivity contribution in [2.24, 2.45) is 0 Å². The normalized spacial score (nSPS) is 23.9. The van der Waals surface area contributed by atoms with E-state index < -0.39 is 27.0 Å². The second-order valence-electron chi connectivity index (χ2n) is 18.6. The molecule has 0 aromatic heterocycles. The van der Waals surface area contributed by atoms with Crippen molar-refractivity contribution in [1.29, 1.82) is 0 Å². The van der Waals surface area contributed by atoms with Gasteiger partial charge in [0.1, 0.15) is 0 Å². The van der Waals surface area contributed by atoms with Gasteiger partial charge in [-0.1, -0.05) is 0 Å². The van der Waals surface area contributed by atoms with E-state index in [4.69, 9.17) is 0 Å². The first-order valence-electron chi connectivity index (χ1n) is 21.9. The molecule has 5 aromatic rings. The fraction of sp³-hybridized carbons (Fsp3) is 0.400. The van der Waals surface area contributed by atoms with Crippen molar-refractivity contribution in [3.05, 3.63) is 145 Å². The van der Waals surface area contributed by atoms with Crippen LogP contribution in [0.2, 0.25) is 0 Å². The standard InChI is InChI=1S/C50H71IN2P4/c1-40-22-21-23-41(2)54(40,6)49-35-34-44(38-50(49)55(7,45-24-13-9-14-25-45)46-26-15-10-16-27-46)39-52(5)36-37-53(56(8)42(3)32-33-43(56)4)57(51,47-28-17-11-18-29-47)48-30-19-12-20-31-48/h9-20,24-31,34-35,38,40-43,54-57H,21-23,32-33,36-37,39H2,1-8H3/t40-,41-,42-,43-/m1/s1. The third-order valence-corrected chi connectivity index (χ3v) is 45.1. The van der Waals surface area contributed by atoms with Crippen molar-refractivity contribution < 1.29 is 0 Å². The van der Waals surface area contributed by atoms with Gasteiger partial charge in [0.05, 0.1) is 0 Å². The maximum atomic E-state index is 3.20. The van der Waals surface area contributed by atoms with Crippen LogP contribution >= 0.6 is 49.0 Å². The van der Waals surface area contributed by atoms with Gasteiger partial charge in [0, 0.05) is 0 Å². The summed E-state index contributed by atoms with van der Waals surface area (Å²) in [5, 5.41) is 7.23. The Morgan fingerprint density at radius 3 is 1.47 bits per heavy atom. The molecular formula is C50H71IN2P4. The number of halogens is 1. The molecule has 7 rings (SSSR count). The minimum absolute atomic E-state index is 0.774. The van der Waals surface area contributed by atoms with Crippen molar-refractivity contribution >= 4 is 80.9 Å². The van der Waals surface area contributed by atoms with E-state index in [1.54, 1.807) is 10.6 Å². The summed E-state index contributed by atoms with van der Waals surface area (Å²) in [6.07, 6.45) is 6.84. The zero-order valence-corrected chi connectivity index (χ0v) is 42.2. The summed E-state index contributed by atoms with van der Waals surface area (Å²) in [7, 11) is -3.66. The molecule has 0 aliphatic carbocycles. The summed E-state index contributed by atoms with van der Waals surface area (Å²) in [4.78, 5) is 2.66. The molecule has 0 N–H and O–H groups in total. The molecular weight excluding hydrogens is 879 g/mol. The van der Waals surface area contributed by atoms with Crippen LogP contribution in [-0.4, -0.2) is 72.1 Å². The molecule has 2 fully saturated rings. The van der Waals surface area contributed by atoms with E-state index in [-0.39, 0.29) is 0 Å². The van der Waals surface area contributed by atoms with E-state index in [0.29, 0.717) is 0 Å². The Morgan fingerprint density at radius 1 is 0.579 bits per heavy atom. The number of rotatable bonds is 13. The van der Waals surface area contributed by atoms with Gasteiger partial charge in [0.2, 0.25) is 0 Å². The Hall–Kier alpha value is -1.53. The number of hydrogen-bond donors (Lipinski definition) is 0. The van der Waals surface area contributed by atoms with Gasteiger partial charge in [-0.3, -0.25) is 0 Å². The minimum atomic E-state index is -2.36. The molecule has 0 bridgehead atoms. The number of benzene rings is 5. The number of hydrogen-bond acceptors (Lipinski definition) is 2. The van der Waals surface area contributed by atoms with Crippen molar-refractivity contribution in [2.75, 3.05) is 40.1 Å². The van der Waals surface area contributed by atoms with Crippen LogP contribution in [0.4, 0.5) is 0 Å². The molecule has 2 aliphatic heterocycles. The van der Waals surface area contributed by atoms with E-state index in [1.807, 2.05) is 0 Å². The molecule has 7 heteroatoms. The fourth-order valence-corrected chi connectivity index (χ4v) is 40.4.